The number of ether oxygens (including phenoxy) is 3. The maximum atomic E-state index is 12.9. The van der Waals surface area contributed by atoms with Gasteiger partial charge in [-0.1, -0.05) is 54.1 Å². The summed E-state index contributed by atoms with van der Waals surface area (Å²) < 4.78 is 16.6. The van der Waals surface area contributed by atoms with Gasteiger partial charge in [0.1, 0.15) is 5.60 Å². The van der Waals surface area contributed by atoms with Gasteiger partial charge in [0.2, 0.25) is 5.91 Å². The number of hydrogen-bond donors (Lipinski definition) is 1. The molecular formula is C28H39ClN2O5. The lowest BCUT2D eigenvalue weighted by molar-refractivity contribution is -0.139. The summed E-state index contributed by atoms with van der Waals surface area (Å²) in [4.78, 5) is 26.9. The lowest BCUT2D eigenvalue weighted by Gasteiger charge is -2.27. The second-order valence-electron chi connectivity index (χ2n) is 9.31. The summed E-state index contributed by atoms with van der Waals surface area (Å²) in [5, 5.41) is 3.47. The van der Waals surface area contributed by atoms with E-state index in [9.17, 15) is 9.59 Å². The molecule has 0 aliphatic rings. The largest absolute Gasteiger partial charge is 0.444 e. The first-order valence-corrected chi connectivity index (χ1v) is 12.8. The minimum atomic E-state index is -0.653. The van der Waals surface area contributed by atoms with Crippen LogP contribution < -0.4 is 5.32 Å². The Hall–Kier alpha value is -2.61. The van der Waals surface area contributed by atoms with Crippen molar-refractivity contribution in [2.75, 3.05) is 26.3 Å². The zero-order valence-electron chi connectivity index (χ0n) is 22.0. The van der Waals surface area contributed by atoms with Crippen LogP contribution in [0.2, 0.25) is 5.02 Å². The van der Waals surface area contributed by atoms with E-state index in [2.05, 4.69) is 5.32 Å². The normalized spacial score (nSPS) is 11.4. The highest BCUT2D eigenvalue weighted by atomic mass is 35.5. The van der Waals surface area contributed by atoms with E-state index in [0.717, 1.165) is 16.7 Å². The van der Waals surface area contributed by atoms with Crippen molar-refractivity contribution in [1.29, 1.82) is 0 Å². The fourth-order valence-corrected chi connectivity index (χ4v) is 3.84. The zero-order chi connectivity index (χ0) is 26.6. The molecule has 0 spiro atoms. The van der Waals surface area contributed by atoms with Gasteiger partial charge in [-0.25, -0.2) is 4.79 Å². The van der Waals surface area contributed by atoms with E-state index >= 15 is 0 Å². The van der Waals surface area contributed by atoms with E-state index in [0.29, 0.717) is 31.2 Å². The molecule has 0 unspecified atom stereocenters. The molecule has 0 atom stereocenters. The summed E-state index contributed by atoms with van der Waals surface area (Å²) in [6.45, 7) is 11.2. The smallest absolute Gasteiger partial charge is 0.410 e. The third kappa shape index (κ3) is 10.6. The Bertz CT molecular complexity index is 956. The van der Waals surface area contributed by atoms with Crippen molar-refractivity contribution in [2.24, 2.45) is 0 Å². The van der Waals surface area contributed by atoms with Gasteiger partial charge in [-0.05, 0) is 51.8 Å². The number of rotatable bonds is 13. The second-order valence-corrected chi connectivity index (χ2v) is 9.72. The molecule has 0 aromatic heterocycles. The third-order valence-electron chi connectivity index (χ3n) is 5.16. The molecule has 0 saturated carbocycles. The number of benzene rings is 2. The maximum absolute atomic E-state index is 12.9. The van der Waals surface area contributed by atoms with Crippen LogP contribution in [-0.4, -0.2) is 55.1 Å². The average molecular weight is 519 g/mol. The molecule has 0 saturated heterocycles. The number of amides is 2. The van der Waals surface area contributed by atoms with Crippen molar-refractivity contribution >= 4 is 23.6 Å². The summed E-state index contributed by atoms with van der Waals surface area (Å²) in [5.41, 5.74) is 2.13. The van der Waals surface area contributed by atoms with Gasteiger partial charge < -0.3 is 24.4 Å². The molecule has 2 amide bonds. The van der Waals surface area contributed by atoms with Crippen LogP contribution in [0, 0.1) is 0 Å². The van der Waals surface area contributed by atoms with Crippen LogP contribution in [-0.2, 0) is 25.5 Å². The van der Waals surface area contributed by atoms with Gasteiger partial charge >= 0.3 is 6.09 Å². The zero-order valence-corrected chi connectivity index (χ0v) is 22.8. The molecule has 2 aromatic carbocycles. The molecule has 36 heavy (non-hydrogen) atoms. The number of carbonyl (C=O) groups is 2. The molecule has 0 heterocycles. The molecule has 1 N–H and O–H groups in total. The number of nitrogens with zero attached hydrogens (tertiary/aromatic N) is 1. The Kier molecular flexibility index (Phi) is 12.2. The van der Waals surface area contributed by atoms with E-state index in [4.69, 9.17) is 25.8 Å². The van der Waals surface area contributed by atoms with Crippen LogP contribution >= 0.6 is 11.6 Å². The highest BCUT2D eigenvalue weighted by molar-refractivity contribution is 6.33. The Morgan fingerprint density at radius 2 is 1.69 bits per heavy atom. The molecule has 0 aliphatic heterocycles. The summed E-state index contributed by atoms with van der Waals surface area (Å²) >= 11 is 6.57. The topological polar surface area (TPSA) is 77.1 Å². The Morgan fingerprint density at radius 1 is 1.03 bits per heavy atom. The standard InChI is InChI=1S/C28H39ClN2O5/c1-6-34-26(35-7-2)15-17-30-25(32)16-18-31(27(33)36-28(3,4)5)20-21-13-14-23(24(29)19-21)22-11-9-8-10-12-22/h8-14,19,26H,6-7,15-18,20H2,1-5H3,(H,30,32). The summed E-state index contributed by atoms with van der Waals surface area (Å²) in [6, 6.07) is 15.6. The second kappa shape index (κ2) is 14.8. The quantitative estimate of drug-likeness (QED) is 0.327. The van der Waals surface area contributed by atoms with Crippen LogP contribution in [0.25, 0.3) is 11.1 Å². The van der Waals surface area contributed by atoms with Gasteiger partial charge in [-0.3, -0.25) is 4.79 Å². The first-order valence-electron chi connectivity index (χ1n) is 12.4. The molecule has 0 bridgehead atoms. The lowest BCUT2D eigenvalue weighted by Crippen LogP contribution is -2.39. The molecular weight excluding hydrogens is 480 g/mol. The van der Waals surface area contributed by atoms with Gasteiger partial charge in [-0.2, -0.15) is 0 Å². The van der Waals surface area contributed by atoms with Gasteiger partial charge in [0.15, 0.2) is 6.29 Å². The predicted molar refractivity (Wildman–Crippen MR) is 143 cm³/mol. The average Bonchev–Trinajstić information content (AvgIpc) is 2.81. The summed E-state index contributed by atoms with van der Waals surface area (Å²) in [6.07, 6.45) is -0.133. The van der Waals surface area contributed by atoms with E-state index in [1.807, 2.05) is 83.1 Å². The molecule has 0 radical (unpaired) electrons. The van der Waals surface area contributed by atoms with Crippen molar-refractivity contribution in [1.82, 2.24) is 10.2 Å². The first-order chi connectivity index (χ1) is 17.1. The van der Waals surface area contributed by atoms with E-state index < -0.39 is 11.7 Å². The predicted octanol–water partition coefficient (Wildman–Crippen LogP) is 6.04. The number of nitrogens with one attached hydrogen (secondary N) is 1. The van der Waals surface area contributed by atoms with Gasteiger partial charge in [-0.15, -0.1) is 0 Å². The van der Waals surface area contributed by atoms with Crippen molar-refractivity contribution in [3.05, 3.63) is 59.1 Å². The van der Waals surface area contributed by atoms with Gasteiger partial charge in [0.25, 0.3) is 0 Å². The molecule has 8 heteroatoms. The SMILES string of the molecule is CCOC(CCNC(=O)CCN(Cc1ccc(-c2ccccc2)c(Cl)c1)C(=O)OC(C)(C)C)OCC. The summed E-state index contributed by atoms with van der Waals surface area (Å²) in [7, 11) is 0. The first kappa shape index (κ1) is 29.6. The van der Waals surface area contributed by atoms with E-state index in [1.54, 1.807) is 0 Å². The number of halogens is 1. The van der Waals surface area contributed by atoms with Gasteiger partial charge in [0.05, 0.1) is 0 Å². The minimum Gasteiger partial charge on any atom is -0.444 e. The highest BCUT2D eigenvalue weighted by Crippen LogP contribution is 2.29. The van der Waals surface area contributed by atoms with Gasteiger partial charge in [0, 0.05) is 56.3 Å². The molecule has 7 nitrogen and oxygen atoms in total. The molecule has 2 rings (SSSR count). The molecule has 0 aliphatic carbocycles. The maximum Gasteiger partial charge on any atom is 0.410 e. The van der Waals surface area contributed by atoms with Crippen LogP contribution in [0.4, 0.5) is 4.79 Å². The highest BCUT2D eigenvalue weighted by Gasteiger charge is 2.23. The fourth-order valence-electron chi connectivity index (χ4n) is 3.53. The molecule has 2 aromatic rings. The van der Waals surface area contributed by atoms with Crippen LogP contribution in [0.15, 0.2) is 48.5 Å². The number of carbonyl (C=O) groups excluding carboxylic acids is 2. The van der Waals surface area contributed by atoms with E-state index in [1.165, 1.54) is 4.90 Å². The van der Waals surface area contributed by atoms with Crippen molar-refractivity contribution < 1.29 is 23.8 Å². The number of hydrogen-bond acceptors (Lipinski definition) is 5. The minimum absolute atomic E-state index is 0.142. The Morgan fingerprint density at radius 3 is 2.28 bits per heavy atom. The molecule has 0 fully saturated rings. The summed E-state index contributed by atoms with van der Waals surface area (Å²) in [5.74, 6) is -0.159. The Labute approximate surface area is 220 Å². The molecule has 198 valence electrons. The van der Waals surface area contributed by atoms with Crippen molar-refractivity contribution in [3.8, 4) is 11.1 Å². The monoisotopic (exact) mass is 518 g/mol. The fraction of sp³-hybridized carbons (Fsp3) is 0.500. The van der Waals surface area contributed by atoms with Crippen LogP contribution in [0.1, 0.15) is 53.0 Å². The van der Waals surface area contributed by atoms with Crippen molar-refractivity contribution in [3.63, 3.8) is 0 Å². The van der Waals surface area contributed by atoms with Crippen LogP contribution in [0.3, 0.4) is 0 Å². The Balaban J connectivity index is 2.02. The lowest BCUT2D eigenvalue weighted by atomic mass is 10.0. The van der Waals surface area contributed by atoms with Crippen LogP contribution in [0.5, 0.6) is 0 Å². The third-order valence-corrected chi connectivity index (χ3v) is 5.47. The van der Waals surface area contributed by atoms with Crippen molar-refractivity contribution in [2.45, 2.75) is 65.9 Å². The van der Waals surface area contributed by atoms with E-state index in [-0.39, 0.29) is 31.7 Å².